The Morgan fingerprint density at radius 1 is 0.313 bits per heavy atom. The van der Waals surface area contributed by atoms with Crippen LogP contribution in [-0.2, 0) is 65.4 Å². The van der Waals surface area contributed by atoms with Gasteiger partial charge in [0.2, 0.25) is 0 Å². The normalized spacial score (nSPS) is 14.0. The maximum atomic E-state index is 13.1. The number of rotatable bonds is 78. The molecule has 0 aromatic heterocycles. The first-order valence-electron chi connectivity index (χ1n) is 41.0. The molecule has 0 radical (unpaired) electrons. The summed E-state index contributed by atoms with van der Waals surface area (Å²) >= 11 is 0. The molecule has 17 nitrogen and oxygen atoms in total. The van der Waals surface area contributed by atoms with Gasteiger partial charge in [0, 0.05) is 25.7 Å². The van der Waals surface area contributed by atoms with Gasteiger partial charge in [-0.3, -0.25) is 37.3 Å². The second-order valence-electron chi connectivity index (χ2n) is 28.6. The van der Waals surface area contributed by atoms with Gasteiger partial charge < -0.3 is 33.8 Å². The van der Waals surface area contributed by atoms with Crippen LogP contribution in [-0.4, -0.2) is 96.7 Å². The first kappa shape index (κ1) is 96.5. The maximum Gasteiger partial charge on any atom is 0.472 e. The van der Waals surface area contributed by atoms with E-state index < -0.39 is 97.5 Å². The summed E-state index contributed by atoms with van der Waals surface area (Å²) in [6.45, 7) is 7.22. The van der Waals surface area contributed by atoms with E-state index in [4.69, 9.17) is 37.0 Å². The van der Waals surface area contributed by atoms with E-state index in [9.17, 15) is 43.2 Å². The van der Waals surface area contributed by atoms with Crippen molar-refractivity contribution in [2.24, 2.45) is 5.92 Å². The fraction of sp³-hybridized carbons (Fsp3) is 0.900. The lowest BCUT2D eigenvalue weighted by Crippen LogP contribution is -2.30. The lowest BCUT2D eigenvalue weighted by Gasteiger charge is -2.21. The van der Waals surface area contributed by atoms with Gasteiger partial charge in [-0.15, -0.1) is 0 Å². The zero-order chi connectivity index (χ0) is 72.7. The molecule has 0 rings (SSSR count). The molecule has 3 N–H and O–H groups in total. The number of allylic oxidation sites excluding steroid dienone is 4. The molecule has 0 spiro atoms. The van der Waals surface area contributed by atoms with Crippen LogP contribution in [0.1, 0.15) is 401 Å². The SMILES string of the molecule is CCCCCC/C=C\C=C/CCCCCCCC(=O)OC[C@H](COP(=O)(O)OC[C@@H](O)COP(=O)(O)OC[C@@H](COC(=O)CCCCCCCCCCC)OC(=O)CCCCCCCCCCCCC(C)C)OC(=O)CCCCCCCCCCCCCCCCCCCCCCCC. The second-order valence-corrected chi connectivity index (χ2v) is 31.5. The van der Waals surface area contributed by atoms with Crippen molar-refractivity contribution >= 4 is 39.5 Å². The lowest BCUT2D eigenvalue weighted by atomic mass is 10.0. The van der Waals surface area contributed by atoms with Crippen LogP contribution in [0.4, 0.5) is 0 Å². The van der Waals surface area contributed by atoms with Crippen LogP contribution in [0.5, 0.6) is 0 Å². The molecule has 0 amide bonds. The highest BCUT2D eigenvalue weighted by Gasteiger charge is 2.30. The number of carbonyl (C=O) groups is 4. The fourth-order valence-electron chi connectivity index (χ4n) is 11.9. The Morgan fingerprint density at radius 3 is 0.828 bits per heavy atom. The Labute approximate surface area is 605 Å². The summed E-state index contributed by atoms with van der Waals surface area (Å²) in [5.74, 6) is -1.39. The van der Waals surface area contributed by atoms with Crippen molar-refractivity contribution in [2.75, 3.05) is 39.6 Å². The van der Waals surface area contributed by atoms with E-state index in [1.807, 2.05) is 0 Å². The second kappa shape index (κ2) is 72.5. The minimum Gasteiger partial charge on any atom is -0.462 e. The molecular formula is C80H152O17P2. The third-order valence-corrected chi connectivity index (χ3v) is 20.1. The van der Waals surface area contributed by atoms with Crippen molar-refractivity contribution in [1.82, 2.24) is 0 Å². The number of unbranched alkanes of at least 4 members (excludes halogenated alkanes) is 47. The van der Waals surface area contributed by atoms with Crippen molar-refractivity contribution in [1.29, 1.82) is 0 Å². The minimum atomic E-state index is -4.97. The topological polar surface area (TPSA) is 237 Å². The Kier molecular flexibility index (Phi) is 70.7. The molecule has 0 fully saturated rings. The van der Waals surface area contributed by atoms with Crippen molar-refractivity contribution in [3.05, 3.63) is 24.3 Å². The van der Waals surface area contributed by atoms with Crippen LogP contribution < -0.4 is 0 Å². The van der Waals surface area contributed by atoms with Crippen LogP contribution in [0.3, 0.4) is 0 Å². The number of ether oxygens (including phenoxy) is 4. The first-order chi connectivity index (χ1) is 48.0. The molecule has 5 atom stereocenters. The Balaban J connectivity index is 5.22. The fourth-order valence-corrected chi connectivity index (χ4v) is 13.4. The van der Waals surface area contributed by atoms with Gasteiger partial charge in [0.15, 0.2) is 12.2 Å². The van der Waals surface area contributed by atoms with Crippen LogP contribution in [0.2, 0.25) is 0 Å². The molecule has 0 aromatic carbocycles. The molecule has 0 saturated heterocycles. The Morgan fingerprint density at radius 2 is 0.545 bits per heavy atom. The standard InChI is InChI=1S/C80H152O17P2/c1-6-9-12-15-18-21-23-25-27-28-29-30-31-32-33-35-37-39-45-50-55-60-65-79(84)96-76(70-91-78(83)64-59-54-49-44-38-36-34-26-24-22-19-16-13-10-7-2)72-95-99(88,89)93-68-74(81)67-92-98(86,87)94-71-75(69-90-77(82)63-58-53-48-42-20-17-14-11-8-3)97-80(85)66-61-56-51-46-41-40-43-47-52-57-62-73(4)5/h22,24,26,34,73-76,81H,6-21,23,25,27-33,35-72H2,1-5H3,(H,86,87)(H,88,89)/b24-22-,34-26-/t74-,75+,76+/m0/s1. The predicted molar refractivity (Wildman–Crippen MR) is 404 cm³/mol. The van der Waals surface area contributed by atoms with Gasteiger partial charge in [-0.05, 0) is 57.3 Å². The molecule has 99 heavy (non-hydrogen) atoms. The van der Waals surface area contributed by atoms with E-state index in [0.717, 1.165) is 115 Å². The zero-order valence-corrected chi connectivity index (χ0v) is 65.9. The Hall–Kier alpha value is -2.46. The minimum absolute atomic E-state index is 0.102. The van der Waals surface area contributed by atoms with Crippen molar-refractivity contribution < 1.29 is 80.2 Å². The van der Waals surface area contributed by atoms with E-state index >= 15 is 0 Å². The molecule has 0 aliphatic rings. The summed E-state index contributed by atoms with van der Waals surface area (Å²) in [5, 5.41) is 10.6. The molecule has 0 aliphatic heterocycles. The third kappa shape index (κ3) is 73.6. The molecule has 0 aromatic rings. The van der Waals surface area contributed by atoms with E-state index in [2.05, 4.69) is 58.9 Å². The van der Waals surface area contributed by atoms with Crippen LogP contribution >= 0.6 is 15.6 Å². The van der Waals surface area contributed by atoms with Gasteiger partial charge in [-0.2, -0.15) is 0 Å². The van der Waals surface area contributed by atoms with E-state index in [-0.39, 0.29) is 25.7 Å². The van der Waals surface area contributed by atoms with Crippen molar-refractivity contribution in [3.63, 3.8) is 0 Å². The Bertz CT molecular complexity index is 1990. The number of hydrogen-bond donors (Lipinski definition) is 3. The first-order valence-corrected chi connectivity index (χ1v) is 43.9. The maximum absolute atomic E-state index is 13.1. The van der Waals surface area contributed by atoms with Crippen molar-refractivity contribution in [2.45, 2.75) is 419 Å². The number of hydrogen-bond acceptors (Lipinski definition) is 15. The summed E-state index contributed by atoms with van der Waals surface area (Å²) in [5.41, 5.74) is 0. The largest absolute Gasteiger partial charge is 0.472 e. The van der Waals surface area contributed by atoms with Gasteiger partial charge in [0.1, 0.15) is 19.3 Å². The molecule has 0 saturated carbocycles. The van der Waals surface area contributed by atoms with Gasteiger partial charge in [-0.1, -0.05) is 348 Å². The van der Waals surface area contributed by atoms with Crippen molar-refractivity contribution in [3.8, 4) is 0 Å². The van der Waals surface area contributed by atoms with Crippen LogP contribution in [0, 0.1) is 5.92 Å². The average Bonchev–Trinajstić information content (AvgIpc) is 1.15. The van der Waals surface area contributed by atoms with Gasteiger partial charge in [0.25, 0.3) is 0 Å². The quantitative estimate of drug-likeness (QED) is 0.0169. The number of aliphatic hydroxyl groups excluding tert-OH is 1. The summed E-state index contributed by atoms with van der Waals surface area (Å²) in [6.07, 6.45) is 66.2. The van der Waals surface area contributed by atoms with Gasteiger partial charge in [-0.25, -0.2) is 9.13 Å². The summed E-state index contributed by atoms with van der Waals surface area (Å²) in [6, 6.07) is 0. The summed E-state index contributed by atoms with van der Waals surface area (Å²) in [7, 11) is -9.92. The third-order valence-electron chi connectivity index (χ3n) is 18.2. The highest BCUT2D eigenvalue weighted by molar-refractivity contribution is 7.47. The molecule has 0 heterocycles. The molecule has 0 aliphatic carbocycles. The van der Waals surface area contributed by atoms with Gasteiger partial charge in [0.05, 0.1) is 26.4 Å². The predicted octanol–water partition coefficient (Wildman–Crippen LogP) is 23.6. The molecule has 2 unspecified atom stereocenters. The van der Waals surface area contributed by atoms with Gasteiger partial charge >= 0.3 is 39.5 Å². The lowest BCUT2D eigenvalue weighted by molar-refractivity contribution is -0.161. The number of phosphoric acid groups is 2. The van der Waals surface area contributed by atoms with Crippen LogP contribution in [0.15, 0.2) is 24.3 Å². The highest BCUT2D eigenvalue weighted by Crippen LogP contribution is 2.45. The number of phosphoric ester groups is 2. The summed E-state index contributed by atoms with van der Waals surface area (Å²) in [4.78, 5) is 72.9. The monoisotopic (exact) mass is 1450 g/mol. The van der Waals surface area contributed by atoms with E-state index in [1.165, 1.54) is 205 Å². The smallest absolute Gasteiger partial charge is 0.462 e. The number of carbonyl (C=O) groups excluding carboxylic acids is 4. The zero-order valence-electron chi connectivity index (χ0n) is 64.1. The number of aliphatic hydroxyl groups is 1. The molecule has 584 valence electrons. The summed E-state index contributed by atoms with van der Waals surface area (Å²) < 4.78 is 68.6. The molecular weight excluding hydrogens is 1290 g/mol. The highest BCUT2D eigenvalue weighted by atomic mass is 31.2. The van der Waals surface area contributed by atoms with E-state index in [0.29, 0.717) is 25.7 Å². The molecule has 0 bridgehead atoms. The van der Waals surface area contributed by atoms with E-state index in [1.54, 1.807) is 0 Å². The molecule has 19 heteroatoms. The van der Waals surface area contributed by atoms with Crippen LogP contribution in [0.25, 0.3) is 0 Å². The number of esters is 4. The average molecular weight is 1450 g/mol.